The Balaban J connectivity index is 4.36. The maximum Gasteiger partial charge on any atom is 0.304 e. The van der Waals surface area contributed by atoms with Crippen LogP contribution >= 0.6 is 7.37 Å². The maximum absolute atomic E-state index is 11.0. The molecule has 0 rings (SSSR count). The largest absolute Gasteiger partial charge is 0.444 e. The monoisotopic (exact) mass is 219 g/mol. The molecule has 2 unspecified atom stereocenters. The van der Waals surface area contributed by atoms with Gasteiger partial charge < -0.3 is 9.63 Å². The third-order valence-corrected chi connectivity index (χ3v) is 2.66. The summed E-state index contributed by atoms with van der Waals surface area (Å²) >= 11 is 0. The Morgan fingerprint density at radius 3 is 2.50 bits per heavy atom. The van der Waals surface area contributed by atoms with Gasteiger partial charge in [-0.15, -0.1) is 0 Å². The molecular formula is C8H14NO4P. The number of ether oxygens (including phenoxy) is 1. The number of esters is 1. The molecule has 0 aromatic carbocycles. The molecule has 80 valence electrons. The van der Waals surface area contributed by atoms with Gasteiger partial charge in [0.05, 0.1) is 0 Å². The molecule has 2 atom stereocenters. The number of hydrogen-bond acceptors (Lipinski definition) is 4. The van der Waals surface area contributed by atoms with Crippen molar-refractivity contribution in [3.05, 3.63) is 0 Å². The van der Waals surface area contributed by atoms with Gasteiger partial charge in [-0.25, -0.2) is 0 Å². The van der Waals surface area contributed by atoms with E-state index in [1.54, 1.807) is 0 Å². The van der Waals surface area contributed by atoms with Crippen molar-refractivity contribution in [2.45, 2.75) is 25.9 Å². The molecule has 0 aliphatic rings. The van der Waals surface area contributed by atoms with E-state index >= 15 is 0 Å². The first-order valence-electron chi connectivity index (χ1n) is 4.09. The van der Waals surface area contributed by atoms with Crippen molar-refractivity contribution in [3.63, 3.8) is 0 Å². The van der Waals surface area contributed by atoms with E-state index in [1.165, 1.54) is 20.5 Å². The van der Waals surface area contributed by atoms with E-state index in [4.69, 9.17) is 14.9 Å². The topological polar surface area (TPSA) is 87.4 Å². The van der Waals surface area contributed by atoms with Crippen molar-refractivity contribution >= 4 is 13.3 Å². The molecule has 1 N–H and O–H groups in total. The molecule has 0 aliphatic heterocycles. The fourth-order valence-electron chi connectivity index (χ4n) is 0.868. The first kappa shape index (κ1) is 13.2. The molecule has 5 nitrogen and oxygen atoms in total. The summed E-state index contributed by atoms with van der Waals surface area (Å²) < 4.78 is 15.7. The highest BCUT2D eigenvalue weighted by Gasteiger charge is 2.29. The lowest BCUT2D eigenvalue weighted by Crippen LogP contribution is -2.30. The molecule has 0 aromatic heterocycles. The molecule has 0 saturated heterocycles. The molecule has 0 fully saturated rings. The summed E-state index contributed by atoms with van der Waals surface area (Å²) in [5, 5.41) is 8.73. The van der Waals surface area contributed by atoms with Gasteiger partial charge in [-0.05, 0) is 6.92 Å². The van der Waals surface area contributed by atoms with Crippen LogP contribution in [0.15, 0.2) is 0 Å². The first-order valence-corrected chi connectivity index (χ1v) is 6.38. The van der Waals surface area contributed by atoms with E-state index in [0.29, 0.717) is 0 Å². The molecule has 6 heteroatoms. The highest BCUT2D eigenvalue weighted by molar-refractivity contribution is 7.57. The molecular weight excluding hydrogens is 205 g/mol. The average molecular weight is 219 g/mol. The van der Waals surface area contributed by atoms with Crippen LogP contribution in [-0.2, 0) is 14.1 Å². The van der Waals surface area contributed by atoms with Crippen molar-refractivity contribution in [1.29, 1.82) is 5.26 Å². The van der Waals surface area contributed by atoms with E-state index in [9.17, 15) is 9.36 Å². The Kier molecular flexibility index (Phi) is 4.31. The maximum atomic E-state index is 11.0. The molecule has 0 aromatic rings. The molecule has 0 amide bonds. The van der Waals surface area contributed by atoms with Gasteiger partial charge in [0.25, 0.3) is 0 Å². The summed E-state index contributed by atoms with van der Waals surface area (Å²) in [4.78, 5) is 19.7. The zero-order valence-electron chi connectivity index (χ0n) is 8.48. The highest BCUT2D eigenvalue weighted by atomic mass is 31.2. The zero-order chi connectivity index (χ0) is 11.4. The lowest BCUT2D eigenvalue weighted by atomic mass is 10.1. The molecule has 0 radical (unpaired) electrons. The highest BCUT2D eigenvalue weighted by Crippen LogP contribution is 2.37. The quantitative estimate of drug-likeness (QED) is 0.565. The number of rotatable bonds is 4. The fraction of sp³-hybridized carbons (Fsp3) is 0.750. The summed E-state index contributed by atoms with van der Waals surface area (Å²) in [5.74, 6) is -0.571. The van der Waals surface area contributed by atoms with Crippen LogP contribution in [-0.4, -0.2) is 29.3 Å². The van der Waals surface area contributed by atoms with Crippen molar-refractivity contribution in [2.75, 3.05) is 12.8 Å². The van der Waals surface area contributed by atoms with Crippen LogP contribution in [0.2, 0.25) is 0 Å². The summed E-state index contributed by atoms with van der Waals surface area (Å²) in [6.07, 6.45) is 0.0255. The SMILES string of the molecule is CC(=O)OC(C)(C#N)CCP(C)(=O)O. The number of nitrogens with zero attached hydrogens (tertiary/aromatic N) is 1. The lowest BCUT2D eigenvalue weighted by Gasteiger charge is -2.21. The summed E-state index contributed by atoms with van der Waals surface area (Å²) in [7, 11) is -3.16. The summed E-state index contributed by atoms with van der Waals surface area (Å²) in [5.41, 5.74) is -1.31. The molecule has 14 heavy (non-hydrogen) atoms. The van der Waals surface area contributed by atoms with Gasteiger partial charge in [-0.1, -0.05) is 0 Å². The van der Waals surface area contributed by atoms with Crippen LogP contribution in [0.3, 0.4) is 0 Å². The number of nitriles is 1. The van der Waals surface area contributed by atoms with Gasteiger partial charge in [-0.3, -0.25) is 9.36 Å². The zero-order valence-corrected chi connectivity index (χ0v) is 9.38. The van der Waals surface area contributed by atoms with E-state index < -0.39 is 18.9 Å². The van der Waals surface area contributed by atoms with Crippen LogP contribution in [0.1, 0.15) is 20.3 Å². The van der Waals surface area contributed by atoms with E-state index in [2.05, 4.69) is 0 Å². The minimum Gasteiger partial charge on any atom is -0.444 e. The Morgan fingerprint density at radius 2 is 2.21 bits per heavy atom. The third-order valence-electron chi connectivity index (χ3n) is 1.61. The normalized spacial score (nSPS) is 18.8. The Morgan fingerprint density at radius 1 is 1.71 bits per heavy atom. The van der Waals surface area contributed by atoms with Crippen LogP contribution in [0, 0.1) is 11.3 Å². The summed E-state index contributed by atoms with van der Waals surface area (Å²) in [6, 6.07) is 1.81. The van der Waals surface area contributed by atoms with Gasteiger partial charge in [0, 0.05) is 26.2 Å². The minimum atomic E-state index is -3.16. The average Bonchev–Trinajstić information content (AvgIpc) is 1.99. The molecule has 0 bridgehead atoms. The summed E-state index contributed by atoms with van der Waals surface area (Å²) in [6.45, 7) is 3.82. The number of carbonyl (C=O) groups excluding carboxylic acids is 1. The second-order valence-corrected chi connectivity index (χ2v) is 6.01. The Bertz CT molecular complexity index is 303. The van der Waals surface area contributed by atoms with Gasteiger partial charge in [0.15, 0.2) is 13.0 Å². The van der Waals surface area contributed by atoms with Crippen LogP contribution in [0.25, 0.3) is 0 Å². The molecule has 0 aliphatic carbocycles. The Labute approximate surface area is 83.1 Å². The second kappa shape index (κ2) is 4.59. The van der Waals surface area contributed by atoms with Crippen LogP contribution < -0.4 is 0 Å². The van der Waals surface area contributed by atoms with Crippen LogP contribution in [0.5, 0.6) is 0 Å². The van der Waals surface area contributed by atoms with Gasteiger partial charge >= 0.3 is 5.97 Å². The van der Waals surface area contributed by atoms with E-state index in [0.717, 1.165) is 0 Å². The van der Waals surface area contributed by atoms with Crippen molar-refractivity contribution in [2.24, 2.45) is 0 Å². The third kappa shape index (κ3) is 5.74. The molecule has 0 heterocycles. The van der Waals surface area contributed by atoms with E-state index in [1.807, 2.05) is 6.07 Å². The second-order valence-electron chi connectivity index (χ2n) is 3.46. The van der Waals surface area contributed by atoms with Crippen LogP contribution in [0.4, 0.5) is 0 Å². The van der Waals surface area contributed by atoms with Gasteiger partial charge in [-0.2, -0.15) is 5.26 Å². The minimum absolute atomic E-state index is 0.0374. The van der Waals surface area contributed by atoms with Crippen molar-refractivity contribution < 1.29 is 19.0 Å². The molecule has 0 saturated carbocycles. The van der Waals surface area contributed by atoms with Crippen molar-refractivity contribution in [3.8, 4) is 6.07 Å². The smallest absolute Gasteiger partial charge is 0.304 e. The van der Waals surface area contributed by atoms with Gasteiger partial charge in [0.2, 0.25) is 0 Å². The van der Waals surface area contributed by atoms with E-state index in [-0.39, 0.29) is 12.6 Å². The predicted octanol–water partition coefficient (Wildman–Crippen LogP) is 1.12. The number of hydrogen-bond donors (Lipinski definition) is 1. The predicted molar refractivity (Wildman–Crippen MR) is 51.0 cm³/mol. The lowest BCUT2D eigenvalue weighted by molar-refractivity contribution is -0.150. The fourth-order valence-corrected chi connectivity index (χ4v) is 1.71. The Hall–Kier alpha value is -0.850. The molecule has 0 spiro atoms. The standard InChI is InChI=1S/C8H14NO4P/c1-7(10)13-8(2,6-9)4-5-14(3,11)12/h4-5H2,1-3H3,(H,11,12). The van der Waals surface area contributed by atoms with Crippen molar-refractivity contribution in [1.82, 2.24) is 0 Å². The first-order chi connectivity index (χ1) is 6.18. The van der Waals surface area contributed by atoms with Gasteiger partial charge in [0.1, 0.15) is 6.07 Å². The number of carbonyl (C=O) groups is 1.